The number of halogens is 1. The summed E-state index contributed by atoms with van der Waals surface area (Å²) in [7, 11) is 0. The van der Waals surface area contributed by atoms with Crippen LogP contribution in [0.4, 0.5) is 5.69 Å². The lowest BCUT2D eigenvalue weighted by atomic mass is 10.1. The van der Waals surface area contributed by atoms with E-state index in [0.717, 1.165) is 16.4 Å². The summed E-state index contributed by atoms with van der Waals surface area (Å²) in [6.45, 7) is 1.22. The van der Waals surface area contributed by atoms with Gasteiger partial charge in [-0.25, -0.2) is 0 Å². The standard InChI is InChI=1S/C10H10BrNO2/c11-9-2-1-3-10(8(9)6-13)12-4-7(14)5-12/h1-3,6-7,14H,4-5H2. The van der Waals surface area contributed by atoms with Crippen LogP contribution >= 0.6 is 15.9 Å². The Labute approximate surface area is 90.5 Å². The van der Waals surface area contributed by atoms with Crippen LogP contribution in [0.2, 0.25) is 0 Å². The first-order valence-electron chi connectivity index (χ1n) is 4.39. The number of nitrogens with zero attached hydrogens (tertiary/aromatic N) is 1. The average molecular weight is 256 g/mol. The zero-order valence-corrected chi connectivity index (χ0v) is 9.07. The van der Waals surface area contributed by atoms with Crippen molar-refractivity contribution >= 4 is 27.9 Å². The van der Waals surface area contributed by atoms with Gasteiger partial charge in [0.2, 0.25) is 0 Å². The number of rotatable bonds is 2. The third-order valence-corrected chi connectivity index (χ3v) is 3.04. The molecule has 1 aromatic carbocycles. The highest BCUT2D eigenvalue weighted by Crippen LogP contribution is 2.29. The number of hydrogen-bond acceptors (Lipinski definition) is 3. The van der Waals surface area contributed by atoms with Gasteiger partial charge in [0.05, 0.1) is 11.7 Å². The van der Waals surface area contributed by atoms with Crippen LogP contribution in [-0.2, 0) is 0 Å². The highest BCUT2D eigenvalue weighted by molar-refractivity contribution is 9.10. The third kappa shape index (κ3) is 1.55. The number of carbonyl (C=O) groups is 1. The fraction of sp³-hybridized carbons (Fsp3) is 0.300. The van der Waals surface area contributed by atoms with E-state index in [1.165, 1.54) is 0 Å². The number of anilines is 1. The summed E-state index contributed by atoms with van der Waals surface area (Å²) in [5.74, 6) is 0. The Morgan fingerprint density at radius 1 is 1.50 bits per heavy atom. The molecular formula is C10H10BrNO2. The van der Waals surface area contributed by atoms with E-state index in [1.54, 1.807) is 0 Å². The largest absolute Gasteiger partial charge is 0.389 e. The molecule has 0 saturated carbocycles. The van der Waals surface area contributed by atoms with Gasteiger partial charge >= 0.3 is 0 Å². The zero-order valence-electron chi connectivity index (χ0n) is 7.48. The molecule has 1 fully saturated rings. The SMILES string of the molecule is O=Cc1c(Br)cccc1N1CC(O)C1. The summed E-state index contributed by atoms with van der Waals surface area (Å²) in [5.41, 5.74) is 1.54. The van der Waals surface area contributed by atoms with Crippen molar-refractivity contribution in [3.05, 3.63) is 28.2 Å². The fourth-order valence-corrected chi connectivity index (χ4v) is 2.02. The Balaban J connectivity index is 2.33. The first kappa shape index (κ1) is 9.68. The lowest BCUT2D eigenvalue weighted by molar-refractivity contribution is 0.111. The number of hydrogen-bond donors (Lipinski definition) is 1. The molecule has 1 saturated heterocycles. The Hall–Kier alpha value is -0.870. The number of β-amino-alcohol motifs (C(OH)–C–C–N with tert-alkyl or cyclic N) is 1. The van der Waals surface area contributed by atoms with Crippen LogP contribution in [0.15, 0.2) is 22.7 Å². The first-order chi connectivity index (χ1) is 6.72. The topological polar surface area (TPSA) is 40.5 Å². The minimum absolute atomic E-state index is 0.256. The molecule has 0 aliphatic carbocycles. The van der Waals surface area contributed by atoms with Crippen molar-refractivity contribution in [3.8, 4) is 0 Å². The van der Waals surface area contributed by atoms with Gasteiger partial charge in [-0.2, -0.15) is 0 Å². The predicted molar refractivity (Wildman–Crippen MR) is 57.7 cm³/mol. The maximum absolute atomic E-state index is 10.9. The molecule has 0 bridgehead atoms. The van der Waals surface area contributed by atoms with Gasteiger partial charge in [0.1, 0.15) is 0 Å². The van der Waals surface area contributed by atoms with E-state index in [1.807, 2.05) is 23.1 Å². The second kappa shape index (κ2) is 3.71. The van der Waals surface area contributed by atoms with Crippen molar-refractivity contribution in [1.82, 2.24) is 0 Å². The molecule has 2 rings (SSSR count). The molecule has 3 nitrogen and oxygen atoms in total. The van der Waals surface area contributed by atoms with Crippen LogP contribution in [0.25, 0.3) is 0 Å². The molecular weight excluding hydrogens is 246 g/mol. The molecule has 0 spiro atoms. The maximum Gasteiger partial charge on any atom is 0.153 e. The normalized spacial score (nSPS) is 16.6. The van der Waals surface area contributed by atoms with Gasteiger partial charge in [-0.3, -0.25) is 4.79 Å². The first-order valence-corrected chi connectivity index (χ1v) is 5.18. The van der Waals surface area contributed by atoms with Crippen molar-refractivity contribution in [2.24, 2.45) is 0 Å². The Kier molecular flexibility index (Phi) is 2.56. The second-order valence-electron chi connectivity index (χ2n) is 3.35. The number of aliphatic hydroxyl groups is 1. The Morgan fingerprint density at radius 3 is 2.79 bits per heavy atom. The van der Waals surface area contributed by atoms with Crippen LogP contribution in [0.3, 0.4) is 0 Å². The van der Waals surface area contributed by atoms with Gasteiger partial charge in [0.25, 0.3) is 0 Å². The summed E-state index contributed by atoms with van der Waals surface area (Å²) in [6, 6.07) is 5.61. The molecule has 0 unspecified atom stereocenters. The van der Waals surface area contributed by atoms with E-state index in [2.05, 4.69) is 15.9 Å². The maximum atomic E-state index is 10.9. The molecule has 4 heteroatoms. The lowest BCUT2D eigenvalue weighted by Crippen LogP contribution is -2.51. The van der Waals surface area contributed by atoms with Crippen LogP contribution < -0.4 is 4.90 Å². The summed E-state index contributed by atoms with van der Waals surface area (Å²) < 4.78 is 0.798. The van der Waals surface area contributed by atoms with Crippen molar-refractivity contribution in [3.63, 3.8) is 0 Å². The molecule has 1 aliphatic rings. The molecule has 0 amide bonds. The van der Waals surface area contributed by atoms with Gasteiger partial charge in [-0.15, -0.1) is 0 Å². The molecule has 1 N–H and O–H groups in total. The van der Waals surface area contributed by atoms with E-state index in [9.17, 15) is 9.90 Å². The van der Waals surface area contributed by atoms with Crippen molar-refractivity contribution in [2.45, 2.75) is 6.10 Å². The van der Waals surface area contributed by atoms with Crippen LogP contribution in [0.5, 0.6) is 0 Å². The van der Waals surface area contributed by atoms with E-state index in [0.29, 0.717) is 18.7 Å². The second-order valence-corrected chi connectivity index (χ2v) is 4.20. The highest BCUT2D eigenvalue weighted by Gasteiger charge is 2.26. The lowest BCUT2D eigenvalue weighted by Gasteiger charge is -2.38. The van der Waals surface area contributed by atoms with Gasteiger partial charge < -0.3 is 10.0 Å². The number of aliphatic hydroxyl groups excluding tert-OH is 1. The Morgan fingerprint density at radius 2 is 2.21 bits per heavy atom. The smallest absolute Gasteiger partial charge is 0.153 e. The van der Waals surface area contributed by atoms with Gasteiger partial charge in [0, 0.05) is 23.2 Å². The molecule has 1 aromatic rings. The molecule has 74 valence electrons. The van der Waals surface area contributed by atoms with Gasteiger partial charge in [-0.1, -0.05) is 6.07 Å². The monoisotopic (exact) mass is 255 g/mol. The minimum Gasteiger partial charge on any atom is -0.389 e. The molecule has 0 atom stereocenters. The predicted octanol–water partition coefficient (Wildman–Crippen LogP) is 1.44. The zero-order chi connectivity index (χ0) is 10.1. The van der Waals surface area contributed by atoms with E-state index >= 15 is 0 Å². The molecule has 0 aromatic heterocycles. The van der Waals surface area contributed by atoms with Crippen molar-refractivity contribution < 1.29 is 9.90 Å². The quantitative estimate of drug-likeness (QED) is 0.814. The molecule has 1 heterocycles. The van der Waals surface area contributed by atoms with Crippen LogP contribution in [0, 0.1) is 0 Å². The fourth-order valence-electron chi connectivity index (χ4n) is 1.57. The van der Waals surface area contributed by atoms with E-state index in [-0.39, 0.29) is 6.10 Å². The number of benzene rings is 1. The molecule has 0 radical (unpaired) electrons. The third-order valence-electron chi connectivity index (χ3n) is 2.35. The van der Waals surface area contributed by atoms with Crippen molar-refractivity contribution in [1.29, 1.82) is 0 Å². The Bertz CT molecular complexity index is 361. The van der Waals surface area contributed by atoms with Crippen LogP contribution in [0.1, 0.15) is 10.4 Å². The summed E-state index contributed by atoms with van der Waals surface area (Å²) in [5, 5.41) is 9.17. The van der Waals surface area contributed by atoms with Gasteiger partial charge in [0.15, 0.2) is 6.29 Å². The van der Waals surface area contributed by atoms with Crippen molar-refractivity contribution in [2.75, 3.05) is 18.0 Å². The number of carbonyl (C=O) groups excluding carboxylic acids is 1. The van der Waals surface area contributed by atoms with Crippen LogP contribution in [-0.4, -0.2) is 30.6 Å². The average Bonchev–Trinajstić information content (AvgIpc) is 2.13. The minimum atomic E-state index is -0.256. The summed E-state index contributed by atoms with van der Waals surface area (Å²) in [4.78, 5) is 12.8. The summed E-state index contributed by atoms with van der Waals surface area (Å²) >= 11 is 3.32. The van der Waals surface area contributed by atoms with E-state index in [4.69, 9.17) is 0 Å². The highest BCUT2D eigenvalue weighted by atomic mass is 79.9. The van der Waals surface area contributed by atoms with Gasteiger partial charge in [-0.05, 0) is 28.1 Å². The molecule has 14 heavy (non-hydrogen) atoms. The number of aldehydes is 1. The molecule has 1 aliphatic heterocycles. The van der Waals surface area contributed by atoms with E-state index < -0.39 is 0 Å². The summed E-state index contributed by atoms with van der Waals surface area (Å²) in [6.07, 6.45) is 0.581.